The second-order valence-electron chi connectivity index (χ2n) is 6.88. The number of carbonyl (C=O) groups is 1. The summed E-state index contributed by atoms with van der Waals surface area (Å²) in [5, 5.41) is 0. The van der Waals surface area contributed by atoms with Crippen LogP contribution >= 0.6 is 0 Å². The maximum atomic E-state index is 12.4. The number of nitrogens with zero attached hydrogens (tertiary/aromatic N) is 1. The number of aliphatic imine (C=N–C) groups is 1. The van der Waals surface area contributed by atoms with Gasteiger partial charge in [0.25, 0.3) is 0 Å². The number of hydrogen-bond donors (Lipinski definition) is 0. The molecule has 30 heavy (non-hydrogen) atoms. The van der Waals surface area contributed by atoms with Crippen molar-refractivity contribution in [1.82, 2.24) is 0 Å². The first kappa shape index (κ1) is 19.5. The lowest BCUT2D eigenvalue weighted by Crippen LogP contribution is -2.05. The van der Waals surface area contributed by atoms with E-state index in [2.05, 4.69) is 17.1 Å². The SMILES string of the molecule is COc1cccc(C2=N/C(=C\c3ccccc3OCc3ccc(C)cc3)C(=O)O2)c1. The molecule has 1 aliphatic rings. The molecule has 0 unspecified atom stereocenters. The molecule has 4 rings (SSSR count). The van der Waals surface area contributed by atoms with E-state index in [1.54, 1.807) is 19.3 Å². The Balaban J connectivity index is 1.57. The lowest BCUT2D eigenvalue weighted by atomic mass is 10.1. The Morgan fingerprint density at radius 1 is 1.00 bits per heavy atom. The van der Waals surface area contributed by atoms with Crippen molar-refractivity contribution < 1.29 is 19.0 Å². The van der Waals surface area contributed by atoms with Crippen LogP contribution in [0.1, 0.15) is 22.3 Å². The van der Waals surface area contributed by atoms with Gasteiger partial charge in [0, 0.05) is 11.1 Å². The molecule has 0 saturated heterocycles. The molecular weight excluding hydrogens is 378 g/mol. The maximum Gasteiger partial charge on any atom is 0.363 e. The van der Waals surface area contributed by atoms with Gasteiger partial charge in [-0.2, -0.15) is 0 Å². The molecule has 0 N–H and O–H groups in total. The molecule has 3 aromatic carbocycles. The number of benzene rings is 3. The first-order valence-electron chi connectivity index (χ1n) is 9.57. The van der Waals surface area contributed by atoms with Crippen molar-refractivity contribution in [2.75, 3.05) is 7.11 Å². The van der Waals surface area contributed by atoms with E-state index in [1.807, 2.05) is 61.5 Å². The highest BCUT2D eigenvalue weighted by Crippen LogP contribution is 2.26. The van der Waals surface area contributed by atoms with Gasteiger partial charge in [-0.1, -0.05) is 54.1 Å². The molecular formula is C25H21NO4. The summed E-state index contributed by atoms with van der Waals surface area (Å²) in [5.74, 6) is 1.09. The summed E-state index contributed by atoms with van der Waals surface area (Å²) in [6, 6.07) is 22.9. The summed E-state index contributed by atoms with van der Waals surface area (Å²) >= 11 is 0. The van der Waals surface area contributed by atoms with Gasteiger partial charge in [-0.25, -0.2) is 9.79 Å². The molecule has 5 heteroatoms. The third-order valence-electron chi connectivity index (χ3n) is 4.66. The van der Waals surface area contributed by atoms with E-state index in [9.17, 15) is 4.79 Å². The molecule has 0 aliphatic carbocycles. The zero-order chi connectivity index (χ0) is 20.9. The molecule has 150 valence electrons. The van der Waals surface area contributed by atoms with Gasteiger partial charge in [0.1, 0.15) is 18.1 Å². The number of hydrogen-bond acceptors (Lipinski definition) is 5. The van der Waals surface area contributed by atoms with Crippen LogP contribution in [0.2, 0.25) is 0 Å². The zero-order valence-corrected chi connectivity index (χ0v) is 16.8. The van der Waals surface area contributed by atoms with E-state index in [1.165, 1.54) is 5.56 Å². The average Bonchev–Trinajstić information content (AvgIpc) is 3.14. The van der Waals surface area contributed by atoms with Crippen molar-refractivity contribution in [1.29, 1.82) is 0 Å². The number of cyclic esters (lactones) is 1. The van der Waals surface area contributed by atoms with Crippen LogP contribution in [0.4, 0.5) is 0 Å². The van der Waals surface area contributed by atoms with Crippen molar-refractivity contribution in [3.63, 3.8) is 0 Å². The van der Waals surface area contributed by atoms with Crippen molar-refractivity contribution in [3.8, 4) is 11.5 Å². The van der Waals surface area contributed by atoms with Gasteiger partial charge in [0.05, 0.1) is 7.11 Å². The second kappa shape index (κ2) is 8.66. The number of rotatable bonds is 6. The highest BCUT2D eigenvalue weighted by molar-refractivity contribution is 6.13. The van der Waals surface area contributed by atoms with Gasteiger partial charge < -0.3 is 14.2 Å². The molecule has 0 spiro atoms. The Kier molecular flexibility index (Phi) is 5.61. The van der Waals surface area contributed by atoms with Crippen LogP contribution in [-0.2, 0) is 16.1 Å². The number of esters is 1. The van der Waals surface area contributed by atoms with Crippen molar-refractivity contribution >= 4 is 17.9 Å². The Morgan fingerprint density at radius 2 is 1.80 bits per heavy atom. The topological polar surface area (TPSA) is 57.1 Å². The van der Waals surface area contributed by atoms with Crippen molar-refractivity contribution in [2.24, 2.45) is 4.99 Å². The summed E-state index contributed by atoms with van der Waals surface area (Å²) in [7, 11) is 1.58. The fraction of sp³-hybridized carbons (Fsp3) is 0.120. The molecule has 0 bridgehead atoms. The Morgan fingerprint density at radius 3 is 2.60 bits per heavy atom. The smallest absolute Gasteiger partial charge is 0.363 e. The normalized spacial score (nSPS) is 14.4. The number of carbonyl (C=O) groups excluding carboxylic acids is 1. The number of para-hydroxylation sites is 1. The van der Waals surface area contributed by atoms with Gasteiger partial charge in [-0.3, -0.25) is 0 Å². The first-order chi connectivity index (χ1) is 14.6. The standard InChI is InChI=1S/C25H21NO4/c1-17-10-12-18(13-11-17)16-29-23-9-4-3-6-19(23)15-22-25(27)30-24(26-22)20-7-5-8-21(14-20)28-2/h3-15H,16H2,1-2H3/b22-15-. The number of aryl methyl sites for hydroxylation is 1. The van der Waals surface area contributed by atoms with E-state index in [0.717, 1.165) is 11.1 Å². The van der Waals surface area contributed by atoms with Crippen LogP contribution in [-0.4, -0.2) is 19.0 Å². The maximum absolute atomic E-state index is 12.4. The molecule has 3 aromatic rings. The summed E-state index contributed by atoms with van der Waals surface area (Å²) in [4.78, 5) is 16.7. The predicted molar refractivity (Wildman–Crippen MR) is 116 cm³/mol. The fourth-order valence-electron chi connectivity index (χ4n) is 3.01. The van der Waals surface area contributed by atoms with Gasteiger partial charge in [0.2, 0.25) is 5.90 Å². The third kappa shape index (κ3) is 4.41. The molecule has 0 saturated carbocycles. The van der Waals surface area contributed by atoms with Crippen molar-refractivity contribution in [2.45, 2.75) is 13.5 Å². The van der Waals surface area contributed by atoms with Gasteiger partial charge >= 0.3 is 5.97 Å². The second-order valence-corrected chi connectivity index (χ2v) is 6.88. The fourth-order valence-corrected chi connectivity index (χ4v) is 3.01. The largest absolute Gasteiger partial charge is 0.497 e. The minimum Gasteiger partial charge on any atom is -0.497 e. The average molecular weight is 399 g/mol. The lowest BCUT2D eigenvalue weighted by molar-refractivity contribution is -0.129. The minimum absolute atomic E-state index is 0.221. The minimum atomic E-state index is -0.499. The quantitative estimate of drug-likeness (QED) is 0.436. The Bertz CT molecular complexity index is 1130. The van der Waals surface area contributed by atoms with Gasteiger partial charge in [-0.15, -0.1) is 0 Å². The monoisotopic (exact) mass is 399 g/mol. The molecule has 0 fully saturated rings. The third-order valence-corrected chi connectivity index (χ3v) is 4.66. The van der Waals surface area contributed by atoms with Crippen LogP contribution in [0.3, 0.4) is 0 Å². The lowest BCUT2D eigenvalue weighted by Gasteiger charge is -2.09. The van der Waals surface area contributed by atoms with E-state index in [-0.39, 0.29) is 11.6 Å². The van der Waals surface area contributed by atoms with Crippen LogP contribution in [0, 0.1) is 6.92 Å². The summed E-state index contributed by atoms with van der Waals surface area (Å²) in [5.41, 5.74) is 3.93. The molecule has 0 amide bonds. The first-order valence-corrected chi connectivity index (χ1v) is 9.57. The molecule has 1 aliphatic heterocycles. The molecule has 0 aromatic heterocycles. The molecule has 0 atom stereocenters. The highest BCUT2D eigenvalue weighted by atomic mass is 16.6. The van der Waals surface area contributed by atoms with Crippen LogP contribution in [0.5, 0.6) is 11.5 Å². The van der Waals surface area contributed by atoms with E-state index < -0.39 is 5.97 Å². The number of methoxy groups -OCH3 is 1. The zero-order valence-electron chi connectivity index (χ0n) is 16.8. The summed E-state index contributed by atoms with van der Waals surface area (Å²) in [6.45, 7) is 2.48. The van der Waals surface area contributed by atoms with E-state index >= 15 is 0 Å². The highest BCUT2D eigenvalue weighted by Gasteiger charge is 2.24. The Labute approximate surface area is 175 Å². The van der Waals surface area contributed by atoms with Crippen LogP contribution in [0.25, 0.3) is 6.08 Å². The summed E-state index contributed by atoms with van der Waals surface area (Å²) < 4.78 is 16.6. The van der Waals surface area contributed by atoms with Crippen LogP contribution < -0.4 is 9.47 Å². The molecule has 0 radical (unpaired) electrons. The molecule has 1 heterocycles. The van der Waals surface area contributed by atoms with Gasteiger partial charge in [-0.05, 0) is 42.8 Å². The Hall–Kier alpha value is -3.86. The van der Waals surface area contributed by atoms with E-state index in [4.69, 9.17) is 14.2 Å². The summed E-state index contributed by atoms with van der Waals surface area (Å²) in [6.07, 6.45) is 1.68. The number of ether oxygens (including phenoxy) is 3. The van der Waals surface area contributed by atoms with E-state index in [0.29, 0.717) is 23.7 Å². The van der Waals surface area contributed by atoms with Crippen LogP contribution in [0.15, 0.2) is 83.5 Å². The van der Waals surface area contributed by atoms with Gasteiger partial charge in [0.15, 0.2) is 5.70 Å². The molecule has 5 nitrogen and oxygen atoms in total. The predicted octanol–water partition coefficient (Wildman–Crippen LogP) is 4.93. The van der Waals surface area contributed by atoms with Crippen molar-refractivity contribution in [3.05, 3.63) is 101 Å².